The highest BCUT2D eigenvalue weighted by molar-refractivity contribution is 7.99. The van der Waals surface area contributed by atoms with Gasteiger partial charge < -0.3 is 24.1 Å². The molecule has 0 bridgehead atoms. The summed E-state index contributed by atoms with van der Waals surface area (Å²) < 4.78 is 23.5. The molecule has 9 heteroatoms. The number of ether oxygens (including phenoxy) is 4. The Morgan fingerprint density at radius 1 is 1.00 bits per heavy atom. The minimum atomic E-state index is -0.645. The first-order chi connectivity index (χ1) is 15.7. The number of benzene rings is 2. The molecule has 1 aromatic heterocycles. The standard InChI is InChI=1S/C23H29N3O5S/c1-28-12-11-26-22(18-7-5-4-6-8-18)24-25-23(26)32-16-19(27)15-31-14-17-9-10-20(29-2)21(13-17)30-3/h4-10,13,19,27H,11-12,14-16H2,1-3H3. The van der Waals surface area contributed by atoms with Crippen LogP contribution in [-0.2, 0) is 22.6 Å². The molecule has 0 aliphatic rings. The summed E-state index contributed by atoms with van der Waals surface area (Å²) in [6, 6.07) is 15.5. The number of aliphatic hydroxyl groups excluding tert-OH is 1. The van der Waals surface area contributed by atoms with E-state index >= 15 is 0 Å². The van der Waals surface area contributed by atoms with Crippen LogP contribution in [0.1, 0.15) is 5.56 Å². The predicted octanol–water partition coefficient (Wildman–Crippen LogP) is 3.28. The fourth-order valence-electron chi connectivity index (χ4n) is 3.08. The lowest BCUT2D eigenvalue weighted by molar-refractivity contribution is 0.0397. The monoisotopic (exact) mass is 459 g/mol. The Morgan fingerprint density at radius 3 is 2.50 bits per heavy atom. The van der Waals surface area contributed by atoms with E-state index in [-0.39, 0.29) is 6.61 Å². The van der Waals surface area contributed by atoms with Crippen LogP contribution in [0.3, 0.4) is 0 Å². The molecule has 1 atom stereocenters. The summed E-state index contributed by atoms with van der Waals surface area (Å²) in [6.07, 6.45) is -0.645. The van der Waals surface area contributed by atoms with E-state index < -0.39 is 6.10 Å². The van der Waals surface area contributed by atoms with Crippen LogP contribution in [0.4, 0.5) is 0 Å². The van der Waals surface area contributed by atoms with Gasteiger partial charge in [-0.3, -0.25) is 4.57 Å². The molecule has 8 nitrogen and oxygen atoms in total. The third kappa shape index (κ3) is 6.46. The van der Waals surface area contributed by atoms with E-state index in [1.54, 1.807) is 21.3 Å². The first-order valence-corrected chi connectivity index (χ1v) is 11.2. The zero-order valence-corrected chi connectivity index (χ0v) is 19.4. The molecular weight excluding hydrogens is 430 g/mol. The predicted molar refractivity (Wildman–Crippen MR) is 123 cm³/mol. The number of thioether (sulfide) groups is 1. The van der Waals surface area contributed by atoms with Gasteiger partial charge in [0.05, 0.1) is 46.7 Å². The van der Waals surface area contributed by atoms with Gasteiger partial charge in [-0.05, 0) is 17.7 Å². The van der Waals surface area contributed by atoms with E-state index in [0.29, 0.717) is 37.0 Å². The van der Waals surface area contributed by atoms with Gasteiger partial charge in [0.25, 0.3) is 0 Å². The zero-order valence-electron chi connectivity index (χ0n) is 18.6. The number of hydrogen-bond donors (Lipinski definition) is 1. The summed E-state index contributed by atoms with van der Waals surface area (Å²) in [4.78, 5) is 0. The molecule has 1 N–H and O–H groups in total. The topological polar surface area (TPSA) is 87.9 Å². The van der Waals surface area contributed by atoms with Crippen molar-refractivity contribution in [2.75, 3.05) is 40.3 Å². The van der Waals surface area contributed by atoms with E-state index in [4.69, 9.17) is 18.9 Å². The second-order valence-corrected chi connectivity index (χ2v) is 7.97. The van der Waals surface area contributed by atoms with Crippen molar-refractivity contribution < 1.29 is 24.1 Å². The van der Waals surface area contributed by atoms with Gasteiger partial charge in [-0.25, -0.2) is 0 Å². The van der Waals surface area contributed by atoms with Crippen LogP contribution in [0.25, 0.3) is 11.4 Å². The fourth-order valence-corrected chi connectivity index (χ4v) is 3.95. The van der Waals surface area contributed by atoms with Crippen LogP contribution in [0, 0.1) is 0 Å². The van der Waals surface area contributed by atoms with Gasteiger partial charge in [0.1, 0.15) is 0 Å². The van der Waals surface area contributed by atoms with Gasteiger partial charge in [-0.15, -0.1) is 10.2 Å². The average Bonchev–Trinajstić information content (AvgIpc) is 3.24. The molecule has 1 unspecified atom stereocenters. The maximum Gasteiger partial charge on any atom is 0.191 e. The van der Waals surface area contributed by atoms with Crippen molar-refractivity contribution in [1.29, 1.82) is 0 Å². The molecule has 2 aromatic carbocycles. The third-order valence-electron chi connectivity index (χ3n) is 4.70. The molecule has 0 fully saturated rings. The van der Waals surface area contributed by atoms with Crippen molar-refractivity contribution in [2.24, 2.45) is 0 Å². The summed E-state index contributed by atoms with van der Waals surface area (Å²) in [6.45, 7) is 1.74. The van der Waals surface area contributed by atoms with Gasteiger partial charge in [-0.2, -0.15) is 0 Å². The molecule has 32 heavy (non-hydrogen) atoms. The zero-order chi connectivity index (χ0) is 22.8. The summed E-state index contributed by atoms with van der Waals surface area (Å²) in [5.74, 6) is 2.53. The number of aromatic nitrogens is 3. The highest BCUT2D eigenvalue weighted by Gasteiger charge is 2.16. The molecule has 0 radical (unpaired) electrons. The molecule has 172 valence electrons. The van der Waals surface area contributed by atoms with E-state index in [1.807, 2.05) is 53.1 Å². The SMILES string of the molecule is COCCn1c(SCC(O)COCc2ccc(OC)c(OC)c2)nnc1-c1ccccc1. The Balaban J connectivity index is 1.54. The van der Waals surface area contributed by atoms with Gasteiger partial charge in [0.2, 0.25) is 0 Å². The highest BCUT2D eigenvalue weighted by Crippen LogP contribution is 2.28. The number of methoxy groups -OCH3 is 3. The number of hydrogen-bond acceptors (Lipinski definition) is 8. The Bertz CT molecular complexity index is 968. The number of nitrogens with zero attached hydrogens (tertiary/aromatic N) is 3. The molecular formula is C23H29N3O5S. The van der Waals surface area contributed by atoms with E-state index in [1.165, 1.54) is 11.8 Å². The van der Waals surface area contributed by atoms with Crippen molar-refractivity contribution in [3.63, 3.8) is 0 Å². The van der Waals surface area contributed by atoms with E-state index in [0.717, 1.165) is 22.1 Å². The molecule has 3 rings (SSSR count). The van der Waals surface area contributed by atoms with Crippen LogP contribution in [0.2, 0.25) is 0 Å². The van der Waals surface area contributed by atoms with Crippen molar-refractivity contribution in [1.82, 2.24) is 14.8 Å². The maximum absolute atomic E-state index is 10.4. The quantitative estimate of drug-likeness (QED) is 0.390. The average molecular weight is 460 g/mol. The van der Waals surface area contributed by atoms with Crippen molar-refractivity contribution in [2.45, 2.75) is 24.4 Å². The minimum Gasteiger partial charge on any atom is -0.493 e. The molecule has 0 saturated carbocycles. The molecule has 0 saturated heterocycles. The second-order valence-electron chi connectivity index (χ2n) is 6.99. The first-order valence-electron chi connectivity index (χ1n) is 10.2. The molecule has 3 aromatic rings. The van der Waals surface area contributed by atoms with E-state index in [2.05, 4.69) is 10.2 Å². The van der Waals surface area contributed by atoms with Crippen LogP contribution in [0.15, 0.2) is 53.7 Å². The van der Waals surface area contributed by atoms with Crippen LogP contribution in [0.5, 0.6) is 11.5 Å². The normalized spacial score (nSPS) is 12.0. The summed E-state index contributed by atoms with van der Waals surface area (Å²) >= 11 is 1.45. The van der Waals surface area contributed by atoms with Crippen LogP contribution in [-0.4, -0.2) is 66.3 Å². The van der Waals surface area contributed by atoms with Crippen molar-refractivity contribution in [3.8, 4) is 22.9 Å². The summed E-state index contributed by atoms with van der Waals surface area (Å²) in [5.41, 5.74) is 1.93. The number of rotatable bonds is 13. The molecule has 0 amide bonds. The van der Waals surface area contributed by atoms with Gasteiger partial charge in [-0.1, -0.05) is 48.2 Å². The Kier molecular flexibility index (Phi) is 9.36. The van der Waals surface area contributed by atoms with Crippen molar-refractivity contribution in [3.05, 3.63) is 54.1 Å². The molecule has 0 aliphatic heterocycles. The third-order valence-corrected chi connectivity index (χ3v) is 5.81. The smallest absolute Gasteiger partial charge is 0.191 e. The lowest BCUT2D eigenvalue weighted by atomic mass is 10.2. The summed E-state index contributed by atoms with van der Waals surface area (Å²) in [5, 5.41) is 19.8. The Labute approximate surface area is 192 Å². The second kappa shape index (κ2) is 12.4. The molecule has 1 heterocycles. The van der Waals surface area contributed by atoms with Crippen LogP contribution >= 0.6 is 11.8 Å². The van der Waals surface area contributed by atoms with Crippen LogP contribution < -0.4 is 9.47 Å². The Hall–Kier alpha value is -2.59. The largest absolute Gasteiger partial charge is 0.493 e. The molecule has 0 spiro atoms. The lowest BCUT2D eigenvalue weighted by Crippen LogP contribution is -2.18. The minimum absolute atomic E-state index is 0.207. The first kappa shape index (κ1) is 24.1. The molecule has 0 aliphatic carbocycles. The van der Waals surface area contributed by atoms with Gasteiger partial charge in [0, 0.05) is 18.4 Å². The number of aliphatic hydroxyl groups is 1. The van der Waals surface area contributed by atoms with Crippen molar-refractivity contribution >= 4 is 11.8 Å². The fraction of sp³-hybridized carbons (Fsp3) is 0.391. The highest BCUT2D eigenvalue weighted by atomic mass is 32.2. The summed E-state index contributed by atoms with van der Waals surface area (Å²) in [7, 11) is 4.86. The maximum atomic E-state index is 10.4. The lowest BCUT2D eigenvalue weighted by Gasteiger charge is -2.13. The van der Waals surface area contributed by atoms with Gasteiger partial charge >= 0.3 is 0 Å². The Morgan fingerprint density at radius 2 is 1.78 bits per heavy atom. The van der Waals surface area contributed by atoms with Gasteiger partial charge in [0.15, 0.2) is 22.5 Å². The van der Waals surface area contributed by atoms with E-state index in [9.17, 15) is 5.11 Å².